The van der Waals surface area contributed by atoms with Crippen LogP contribution in [-0.2, 0) is 5.54 Å². The maximum atomic E-state index is 13.7. The minimum Gasteiger partial charge on any atom is -0.321 e. The summed E-state index contributed by atoms with van der Waals surface area (Å²) in [5.74, 6) is -4.34. The van der Waals surface area contributed by atoms with Crippen LogP contribution in [0.25, 0.3) is 0 Å². The molecular formula is C12H12ClF4N. The van der Waals surface area contributed by atoms with E-state index in [4.69, 9.17) is 17.3 Å². The number of halogens is 5. The molecule has 1 saturated carbocycles. The largest absolute Gasteiger partial charge is 0.321 e. The van der Waals surface area contributed by atoms with Gasteiger partial charge in [0.05, 0.1) is 5.02 Å². The van der Waals surface area contributed by atoms with Crippen LogP contribution in [0.15, 0.2) is 12.1 Å². The molecule has 1 fully saturated rings. The number of hydrogen-bond acceptors (Lipinski definition) is 1. The minimum atomic E-state index is -2.79. The van der Waals surface area contributed by atoms with Crippen LogP contribution in [-0.4, -0.2) is 5.92 Å². The van der Waals surface area contributed by atoms with E-state index in [1.807, 2.05) is 0 Å². The van der Waals surface area contributed by atoms with Crippen LogP contribution in [0.5, 0.6) is 0 Å². The lowest BCUT2D eigenvalue weighted by Gasteiger charge is -2.38. The molecule has 2 N–H and O–H groups in total. The molecule has 0 unspecified atom stereocenters. The fourth-order valence-corrected chi connectivity index (χ4v) is 2.64. The van der Waals surface area contributed by atoms with Gasteiger partial charge in [0, 0.05) is 23.9 Å². The summed E-state index contributed by atoms with van der Waals surface area (Å²) in [5.41, 5.74) is 4.42. The van der Waals surface area contributed by atoms with Gasteiger partial charge in [0.2, 0.25) is 5.92 Å². The van der Waals surface area contributed by atoms with Crippen molar-refractivity contribution in [3.8, 4) is 0 Å². The Kier molecular flexibility index (Phi) is 3.32. The van der Waals surface area contributed by atoms with E-state index >= 15 is 0 Å². The van der Waals surface area contributed by atoms with Gasteiger partial charge in [0.25, 0.3) is 0 Å². The Bertz CT molecular complexity index is 465. The highest BCUT2D eigenvalue weighted by molar-refractivity contribution is 6.31. The van der Waals surface area contributed by atoms with Crippen molar-refractivity contribution in [2.75, 3.05) is 0 Å². The molecule has 100 valence electrons. The second-order valence-corrected chi connectivity index (χ2v) is 5.11. The molecule has 2 rings (SSSR count). The van der Waals surface area contributed by atoms with Gasteiger partial charge in [-0.2, -0.15) is 0 Å². The molecule has 6 heteroatoms. The van der Waals surface area contributed by atoms with Gasteiger partial charge in [0.15, 0.2) is 0 Å². The molecule has 1 aliphatic carbocycles. The Labute approximate surface area is 107 Å². The predicted molar refractivity (Wildman–Crippen MR) is 60.6 cm³/mol. The number of rotatable bonds is 1. The number of alkyl halides is 2. The van der Waals surface area contributed by atoms with Crippen LogP contribution in [0.3, 0.4) is 0 Å². The van der Waals surface area contributed by atoms with Crippen LogP contribution in [0.4, 0.5) is 17.6 Å². The Morgan fingerprint density at radius 1 is 1.00 bits per heavy atom. The van der Waals surface area contributed by atoms with Crippen molar-refractivity contribution < 1.29 is 17.6 Å². The van der Waals surface area contributed by atoms with E-state index in [0.29, 0.717) is 0 Å². The van der Waals surface area contributed by atoms with Crippen LogP contribution < -0.4 is 5.73 Å². The maximum Gasteiger partial charge on any atom is 0.248 e. The first kappa shape index (κ1) is 13.6. The second kappa shape index (κ2) is 4.38. The van der Waals surface area contributed by atoms with E-state index in [2.05, 4.69) is 0 Å². The molecular weight excluding hydrogens is 270 g/mol. The lowest BCUT2D eigenvalue weighted by molar-refractivity contribution is -0.0518. The summed E-state index contributed by atoms with van der Waals surface area (Å²) in [6.07, 6.45) is -1.15. The predicted octanol–water partition coefficient (Wildman–Crippen LogP) is 3.98. The number of nitrogens with two attached hydrogens (primary N) is 1. The number of benzene rings is 1. The maximum absolute atomic E-state index is 13.7. The quantitative estimate of drug-likeness (QED) is 0.611. The Balaban J connectivity index is 2.40. The van der Waals surface area contributed by atoms with Crippen LogP contribution in [0, 0.1) is 11.6 Å². The van der Waals surface area contributed by atoms with Crippen molar-refractivity contribution in [1.29, 1.82) is 0 Å². The second-order valence-electron chi connectivity index (χ2n) is 4.73. The molecule has 18 heavy (non-hydrogen) atoms. The average molecular weight is 282 g/mol. The van der Waals surface area contributed by atoms with Crippen LogP contribution in [0.1, 0.15) is 31.2 Å². The lowest BCUT2D eigenvalue weighted by atomic mass is 9.76. The van der Waals surface area contributed by atoms with E-state index in [1.165, 1.54) is 0 Å². The fourth-order valence-electron chi connectivity index (χ4n) is 2.30. The molecule has 1 nitrogen and oxygen atoms in total. The van der Waals surface area contributed by atoms with Gasteiger partial charge in [-0.1, -0.05) is 11.6 Å². The summed E-state index contributed by atoms with van der Waals surface area (Å²) in [4.78, 5) is 0. The van der Waals surface area contributed by atoms with Crippen molar-refractivity contribution in [2.45, 2.75) is 37.1 Å². The van der Waals surface area contributed by atoms with E-state index in [9.17, 15) is 17.6 Å². The van der Waals surface area contributed by atoms with Gasteiger partial charge >= 0.3 is 0 Å². The summed E-state index contributed by atoms with van der Waals surface area (Å²) in [6.45, 7) is 0. The molecule has 0 aromatic heterocycles. The zero-order valence-electron chi connectivity index (χ0n) is 9.45. The third kappa shape index (κ3) is 2.34. The first-order chi connectivity index (χ1) is 8.25. The van der Waals surface area contributed by atoms with Gasteiger partial charge < -0.3 is 5.73 Å². The molecule has 0 amide bonds. The van der Waals surface area contributed by atoms with Crippen molar-refractivity contribution in [2.24, 2.45) is 5.73 Å². The lowest BCUT2D eigenvalue weighted by Crippen LogP contribution is -2.44. The molecule has 1 aliphatic rings. The smallest absolute Gasteiger partial charge is 0.248 e. The minimum absolute atomic E-state index is 0.125. The van der Waals surface area contributed by atoms with Crippen molar-refractivity contribution >= 4 is 11.6 Å². The zero-order valence-corrected chi connectivity index (χ0v) is 10.2. The van der Waals surface area contributed by atoms with Gasteiger partial charge in [0.1, 0.15) is 11.6 Å². The topological polar surface area (TPSA) is 26.0 Å². The normalized spacial score (nSPS) is 21.9. The molecule has 0 atom stereocenters. The highest BCUT2D eigenvalue weighted by Crippen LogP contribution is 2.45. The van der Waals surface area contributed by atoms with Gasteiger partial charge in [-0.05, 0) is 25.0 Å². The highest BCUT2D eigenvalue weighted by atomic mass is 35.5. The summed E-state index contributed by atoms with van der Waals surface area (Å²) in [5, 5.41) is -0.414. The molecule has 0 bridgehead atoms. The third-order valence-electron chi connectivity index (χ3n) is 3.42. The van der Waals surface area contributed by atoms with Crippen molar-refractivity contribution in [1.82, 2.24) is 0 Å². The molecule has 0 saturated heterocycles. The summed E-state index contributed by atoms with van der Waals surface area (Å²) in [6, 6.07) is 1.81. The van der Waals surface area contributed by atoms with Gasteiger partial charge in [-0.3, -0.25) is 0 Å². The van der Waals surface area contributed by atoms with Crippen LogP contribution >= 0.6 is 11.6 Å². The molecule has 1 aromatic rings. The van der Waals surface area contributed by atoms with E-state index in [0.717, 1.165) is 12.1 Å². The first-order valence-electron chi connectivity index (χ1n) is 5.56. The Morgan fingerprint density at radius 3 is 2.06 bits per heavy atom. The molecule has 0 radical (unpaired) electrons. The zero-order chi connectivity index (χ0) is 13.6. The molecule has 0 aliphatic heterocycles. The average Bonchev–Trinajstić information content (AvgIpc) is 2.29. The molecule has 0 heterocycles. The van der Waals surface area contributed by atoms with Gasteiger partial charge in [-0.25, -0.2) is 17.6 Å². The summed E-state index contributed by atoms with van der Waals surface area (Å²) >= 11 is 5.71. The fraction of sp³-hybridized carbons (Fsp3) is 0.500. The van der Waals surface area contributed by atoms with E-state index < -0.39 is 41.0 Å². The van der Waals surface area contributed by atoms with E-state index in [1.54, 1.807) is 0 Å². The SMILES string of the molecule is NC1(c2c(F)ccc(F)c2Cl)CCC(F)(F)CC1. The third-order valence-corrected chi connectivity index (χ3v) is 3.79. The van der Waals surface area contributed by atoms with Gasteiger partial charge in [-0.15, -0.1) is 0 Å². The van der Waals surface area contributed by atoms with Crippen molar-refractivity contribution in [3.63, 3.8) is 0 Å². The highest BCUT2D eigenvalue weighted by Gasteiger charge is 2.44. The monoisotopic (exact) mass is 281 g/mol. The molecule has 1 aromatic carbocycles. The Hall–Kier alpha value is -0.810. The van der Waals surface area contributed by atoms with E-state index in [-0.39, 0.29) is 18.4 Å². The van der Waals surface area contributed by atoms with Crippen LogP contribution in [0.2, 0.25) is 5.02 Å². The van der Waals surface area contributed by atoms with Crippen molar-refractivity contribution in [3.05, 3.63) is 34.4 Å². The Morgan fingerprint density at radius 2 is 1.50 bits per heavy atom. The molecule has 0 spiro atoms. The standard InChI is InChI=1S/C12H12ClF4N/c13-10-8(15)2-1-7(14)9(10)11(18)3-5-12(16,17)6-4-11/h1-2H,3-6,18H2. The first-order valence-corrected chi connectivity index (χ1v) is 5.94. The summed E-state index contributed by atoms with van der Waals surface area (Å²) in [7, 11) is 0. The number of hydrogen-bond donors (Lipinski definition) is 1. The summed E-state index contributed by atoms with van der Waals surface area (Å²) < 4.78 is 53.2.